The zero-order valence-electron chi connectivity index (χ0n) is 17.4. The van der Waals surface area contributed by atoms with Gasteiger partial charge in [-0.2, -0.15) is 0 Å². The molecule has 0 amide bonds. The Bertz CT molecular complexity index is 824. The lowest BCUT2D eigenvalue weighted by atomic mass is 9.86. The van der Waals surface area contributed by atoms with Crippen molar-refractivity contribution in [2.24, 2.45) is 0 Å². The van der Waals surface area contributed by atoms with Gasteiger partial charge in [0.15, 0.2) is 0 Å². The third kappa shape index (κ3) is 5.74. The largest absolute Gasteiger partial charge is 0.491 e. The molecule has 2 aromatic rings. The van der Waals surface area contributed by atoms with Gasteiger partial charge in [0.2, 0.25) is 0 Å². The Hall–Kier alpha value is -2.57. The van der Waals surface area contributed by atoms with E-state index in [1.807, 2.05) is 36.4 Å². The Labute approximate surface area is 177 Å². The molecule has 4 atom stereocenters. The Balaban J connectivity index is 1.38. The fraction of sp³-hybridized carbons (Fsp3) is 0.458. The van der Waals surface area contributed by atoms with Crippen LogP contribution in [0.3, 0.4) is 0 Å². The fourth-order valence-electron chi connectivity index (χ4n) is 3.40. The molecule has 0 bridgehead atoms. The highest BCUT2D eigenvalue weighted by atomic mass is 16.6. The molecule has 30 heavy (non-hydrogen) atoms. The maximum Gasteiger partial charge on any atom is 0.313 e. The molecular weight excluding hydrogens is 384 g/mol. The molecule has 0 saturated carbocycles. The number of carbonyl (C=O) groups is 1. The molecule has 6 heteroatoms. The van der Waals surface area contributed by atoms with E-state index in [9.17, 15) is 4.79 Å². The van der Waals surface area contributed by atoms with Crippen molar-refractivity contribution >= 4 is 5.97 Å². The fourth-order valence-corrected chi connectivity index (χ4v) is 3.40. The van der Waals surface area contributed by atoms with Crippen LogP contribution < -0.4 is 9.47 Å². The standard InChI is InChI=1S/C24H28O6/c1-16(17-3-7-19(8-4-17)27-12-21-14-29-21)11-23(24(25)26-2)18-5-9-20(10-6-18)28-13-22-15-30-22/h3-10,16,21-23H,11-15H2,1-2H3. The second-order valence-electron chi connectivity index (χ2n) is 7.88. The van der Waals surface area contributed by atoms with Crippen LogP contribution in [0.25, 0.3) is 0 Å². The van der Waals surface area contributed by atoms with Gasteiger partial charge in [0.25, 0.3) is 0 Å². The van der Waals surface area contributed by atoms with Crippen molar-refractivity contribution in [3.05, 3.63) is 59.7 Å². The molecule has 2 aliphatic rings. The number of benzene rings is 2. The third-order valence-electron chi connectivity index (χ3n) is 5.48. The molecule has 0 radical (unpaired) electrons. The maximum absolute atomic E-state index is 12.5. The van der Waals surface area contributed by atoms with E-state index in [1.165, 1.54) is 7.11 Å². The van der Waals surface area contributed by atoms with E-state index < -0.39 is 0 Å². The van der Waals surface area contributed by atoms with Crippen LogP contribution in [0, 0.1) is 0 Å². The molecule has 0 aromatic heterocycles. The van der Waals surface area contributed by atoms with Gasteiger partial charge >= 0.3 is 5.97 Å². The van der Waals surface area contributed by atoms with Gasteiger partial charge in [-0.3, -0.25) is 4.79 Å². The first kappa shape index (κ1) is 20.7. The second kappa shape index (κ2) is 9.49. The topological polar surface area (TPSA) is 69.8 Å². The minimum absolute atomic E-state index is 0.179. The summed E-state index contributed by atoms with van der Waals surface area (Å²) in [5, 5.41) is 0. The highest BCUT2D eigenvalue weighted by Crippen LogP contribution is 2.32. The molecule has 2 saturated heterocycles. The van der Waals surface area contributed by atoms with E-state index in [0.29, 0.717) is 19.6 Å². The van der Waals surface area contributed by atoms with Crippen molar-refractivity contribution in [1.29, 1.82) is 0 Å². The van der Waals surface area contributed by atoms with E-state index in [4.69, 9.17) is 23.7 Å². The summed E-state index contributed by atoms with van der Waals surface area (Å²) in [5.41, 5.74) is 2.08. The number of methoxy groups -OCH3 is 1. The predicted octanol–water partition coefficient (Wildman–Crippen LogP) is 3.69. The van der Waals surface area contributed by atoms with Gasteiger partial charge in [-0.1, -0.05) is 31.2 Å². The van der Waals surface area contributed by atoms with E-state index in [0.717, 1.165) is 35.8 Å². The molecule has 2 heterocycles. The third-order valence-corrected chi connectivity index (χ3v) is 5.48. The van der Waals surface area contributed by atoms with E-state index in [2.05, 4.69) is 19.1 Å². The first-order valence-corrected chi connectivity index (χ1v) is 10.4. The van der Waals surface area contributed by atoms with Crippen molar-refractivity contribution < 1.29 is 28.5 Å². The molecular formula is C24H28O6. The molecule has 0 aliphatic carbocycles. The normalized spacial score (nSPS) is 21.4. The molecule has 160 valence electrons. The number of rotatable bonds is 11. The highest BCUT2D eigenvalue weighted by Gasteiger charge is 2.26. The Morgan fingerprint density at radius 2 is 1.37 bits per heavy atom. The summed E-state index contributed by atoms with van der Waals surface area (Å²) in [7, 11) is 1.43. The average molecular weight is 412 g/mol. The van der Waals surface area contributed by atoms with Crippen LogP contribution in [0.1, 0.15) is 36.3 Å². The first-order valence-electron chi connectivity index (χ1n) is 10.4. The average Bonchev–Trinajstić information content (AvgIpc) is 3.70. The van der Waals surface area contributed by atoms with Crippen LogP contribution in [0.15, 0.2) is 48.5 Å². The van der Waals surface area contributed by atoms with Gasteiger partial charge in [-0.25, -0.2) is 0 Å². The molecule has 2 aliphatic heterocycles. The van der Waals surface area contributed by atoms with Gasteiger partial charge in [-0.15, -0.1) is 0 Å². The number of ether oxygens (including phenoxy) is 5. The van der Waals surface area contributed by atoms with Crippen LogP contribution in [0.5, 0.6) is 11.5 Å². The van der Waals surface area contributed by atoms with Gasteiger partial charge in [0.1, 0.15) is 36.9 Å². The molecule has 0 N–H and O–H groups in total. The zero-order chi connectivity index (χ0) is 20.9. The Kier molecular flexibility index (Phi) is 6.55. The smallest absolute Gasteiger partial charge is 0.313 e. The number of hydrogen-bond acceptors (Lipinski definition) is 6. The van der Waals surface area contributed by atoms with Gasteiger partial charge < -0.3 is 23.7 Å². The number of esters is 1. The molecule has 2 fully saturated rings. The van der Waals surface area contributed by atoms with Crippen molar-refractivity contribution in [2.45, 2.75) is 37.4 Å². The van der Waals surface area contributed by atoms with Crippen LogP contribution in [-0.2, 0) is 19.0 Å². The second-order valence-corrected chi connectivity index (χ2v) is 7.88. The zero-order valence-corrected chi connectivity index (χ0v) is 17.4. The van der Waals surface area contributed by atoms with Crippen LogP contribution in [0.2, 0.25) is 0 Å². The summed E-state index contributed by atoms with van der Waals surface area (Å²) in [6, 6.07) is 15.7. The van der Waals surface area contributed by atoms with Crippen LogP contribution >= 0.6 is 0 Å². The quantitative estimate of drug-likeness (QED) is 0.414. The molecule has 4 unspecified atom stereocenters. The SMILES string of the molecule is COC(=O)C(CC(C)c1ccc(OCC2CO2)cc1)c1ccc(OCC2CO2)cc1. The summed E-state index contributed by atoms with van der Waals surface area (Å²) in [6.45, 7) is 4.82. The van der Waals surface area contributed by atoms with E-state index in [1.54, 1.807) is 0 Å². The maximum atomic E-state index is 12.5. The Morgan fingerprint density at radius 3 is 1.80 bits per heavy atom. The molecule has 4 rings (SSSR count). The van der Waals surface area contributed by atoms with Crippen LogP contribution in [-0.4, -0.2) is 51.7 Å². The molecule has 2 aromatic carbocycles. The lowest BCUT2D eigenvalue weighted by molar-refractivity contribution is -0.142. The summed E-state index contributed by atoms with van der Waals surface area (Å²) in [6.07, 6.45) is 1.11. The molecule has 0 spiro atoms. The van der Waals surface area contributed by atoms with Crippen molar-refractivity contribution in [3.8, 4) is 11.5 Å². The van der Waals surface area contributed by atoms with Gasteiger partial charge in [0.05, 0.1) is 26.2 Å². The molecule has 6 nitrogen and oxygen atoms in total. The van der Waals surface area contributed by atoms with Crippen molar-refractivity contribution in [2.75, 3.05) is 33.5 Å². The summed E-state index contributed by atoms with van der Waals surface area (Å²) in [5.74, 6) is 1.22. The number of hydrogen-bond donors (Lipinski definition) is 0. The van der Waals surface area contributed by atoms with Crippen molar-refractivity contribution in [3.63, 3.8) is 0 Å². The van der Waals surface area contributed by atoms with E-state index in [-0.39, 0.29) is 30.0 Å². The van der Waals surface area contributed by atoms with Crippen molar-refractivity contribution in [1.82, 2.24) is 0 Å². The predicted molar refractivity (Wildman–Crippen MR) is 111 cm³/mol. The van der Waals surface area contributed by atoms with Crippen LogP contribution in [0.4, 0.5) is 0 Å². The lowest BCUT2D eigenvalue weighted by Crippen LogP contribution is -2.17. The van der Waals surface area contributed by atoms with Gasteiger partial charge in [0, 0.05) is 0 Å². The summed E-state index contributed by atoms with van der Waals surface area (Å²) >= 11 is 0. The Morgan fingerprint density at radius 1 is 0.900 bits per heavy atom. The lowest BCUT2D eigenvalue weighted by Gasteiger charge is -2.20. The summed E-state index contributed by atoms with van der Waals surface area (Å²) < 4.78 is 26.8. The van der Waals surface area contributed by atoms with E-state index >= 15 is 0 Å². The minimum atomic E-state index is -0.339. The monoisotopic (exact) mass is 412 g/mol. The summed E-state index contributed by atoms with van der Waals surface area (Å²) in [4.78, 5) is 12.5. The highest BCUT2D eigenvalue weighted by molar-refractivity contribution is 5.78. The first-order chi connectivity index (χ1) is 14.6. The number of epoxide rings is 2. The van der Waals surface area contributed by atoms with Gasteiger partial charge in [-0.05, 0) is 47.7 Å². The number of carbonyl (C=O) groups excluding carboxylic acids is 1. The minimum Gasteiger partial charge on any atom is -0.491 e.